The largest absolute Gasteiger partial charge is 0.480 e. The lowest BCUT2D eigenvalue weighted by Gasteiger charge is -2.33. The molecule has 1 saturated heterocycles. The van der Waals surface area contributed by atoms with Gasteiger partial charge in [0.2, 0.25) is 0 Å². The van der Waals surface area contributed by atoms with Crippen LogP contribution in [0.5, 0.6) is 0 Å². The Morgan fingerprint density at radius 1 is 1.08 bits per heavy atom. The van der Waals surface area contributed by atoms with Gasteiger partial charge in [0.25, 0.3) is 10.0 Å². The van der Waals surface area contributed by atoms with Crippen LogP contribution in [0.2, 0.25) is 0 Å². The highest BCUT2D eigenvalue weighted by atomic mass is 32.2. The zero-order valence-corrected chi connectivity index (χ0v) is 14.7. The van der Waals surface area contributed by atoms with Crippen molar-refractivity contribution in [2.45, 2.75) is 43.0 Å². The van der Waals surface area contributed by atoms with Crippen molar-refractivity contribution < 1.29 is 18.3 Å². The Hall–Kier alpha value is -2.34. The van der Waals surface area contributed by atoms with E-state index in [2.05, 4.69) is 6.58 Å². The molecule has 5 nitrogen and oxygen atoms in total. The minimum absolute atomic E-state index is 0.0965. The van der Waals surface area contributed by atoms with Gasteiger partial charge < -0.3 is 5.11 Å². The first-order valence-electron chi connectivity index (χ1n) is 8.35. The van der Waals surface area contributed by atoms with Gasteiger partial charge in [-0.05, 0) is 42.2 Å². The molecular weight excluding hydrogens is 338 g/mol. The second kappa shape index (κ2) is 6.88. The van der Waals surface area contributed by atoms with Crippen LogP contribution in [0.1, 0.15) is 32.1 Å². The van der Waals surface area contributed by atoms with Crippen molar-refractivity contribution in [2.75, 3.05) is 0 Å². The molecule has 1 N–H and O–H groups in total. The standard InChI is InChI=1S/C19H21NO4S/c1-14-7-3-2-4-10-18(19(21)22)20(14)25(23,24)17-12-11-15-8-5-6-9-16(15)13-17/h5-6,8-9,11-13,18H,1-4,7,10H2,(H,21,22)/t18-/m1/s1. The Labute approximate surface area is 147 Å². The van der Waals surface area contributed by atoms with Crippen molar-refractivity contribution in [2.24, 2.45) is 0 Å². The maximum atomic E-state index is 13.2. The van der Waals surface area contributed by atoms with Gasteiger partial charge in [-0.2, -0.15) is 0 Å². The van der Waals surface area contributed by atoms with Crippen molar-refractivity contribution in [3.63, 3.8) is 0 Å². The molecule has 0 unspecified atom stereocenters. The van der Waals surface area contributed by atoms with E-state index in [1.807, 2.05) is 24.3 Å². The number of carboxylic acids is 1. The van der Waals surface area contributed by atoms with Gasteiger partial charge in [-0.1, -0.05) is 49.8 Å². The van der Waals surface area contributed by atoms with Gasteiger partial charge >= 0.3 is 5.97 Å². The van der Waals surface area contributed by atoms with E-state index in [-0.39, 0.29) is 4.90 Å². The van der Waals surface area contributed by atoms with Crippen LogP contribution in [0.25, 0.3) is 10.8 Å². The van der Waals surface area contributed by atoms with Gasteiger partial charge in [0.05, 0.1) is 4.90 Å². The van der Waals surface area contributed by atoms with Crippen LogP contribution in [0.4, 0.5) is 0 Å². The Balaban J connectivity index is 2.09. The van der Waals surface area contributed by atoms with Crippen LogP contribution >= 0.6 is 0 Å². The summed E-state index contributed by atoms with van der Waals surface area (Å²) >= 11 is 0. The lowest BCUT2D eigenvalue weighted by atomic mass is 10.0. The number of sulfonamides is 1. The Morgan fingerprint density at radius 2 is 1.80 bits per heavy atom. The molecule has 0 amide bonds. The fourth-order valence-corrected chi connectivity index (χ4v) is 5.00. The SMILES string of the molecule is C=C1CCCCC[C@H](C(=O)O)N1S(=O)(=O)c1ccc2ccccc2c1. The Bertz CT molecular complexity index is 920. The third-order valence-corrected chi connectivity index (χ3v) is 6.48. The average molecular weight is 359 g/mol. The molecule has 1 aliphatic heterocycles. The van der Waals surface area contributed by atoms with Crippen LogP contribution < -0.4 is 0 Å². The third-order valence-electron chi connectivity index (χ3n) is 4.60. The lowest BCUT2D eigenvalue weighted by Crippen LogP contribution is -2.44. The van der Waals surface area contributed by atoms with Gasteiger partial charge in [0.15, 0.2) is 0 Å². The van der Waals surface area contributed by atoms with Crippen LogP contribution in [-0.4, -0.2) is 29.8 Å². The summed E-state index contributed by atoms with van der Waals surface area (Å²) in [6.45, 7) is 3.87. The molecule has 2 aromatic rings. The molecule has 132 valence electrons. The molecule has 0 bridgehead atoms. The topological polar surface area (TPSA) is 74.7 Å². The summed E-state index contributed by atoms with van der Waals surface area (Å²) in [4.78, 5) is 11.8. The Kier molecular flexibility index (Phi) is 4.81. The van der Waals surface area contributed by atoms with Gasteiger partial charge in [-0.25, -0.2) is 13.2 Å². The fraction of sp³-hybridized carbons (Fsp3) is 0.316. The number of benzene rings is 2. The van der Waals surface area contributed by atoms with Gasteiger partial charge in [0, 0.05) is 5.70 Å². The van der Waals surface area contributed by atoms with E-state index in [1.54, 1.807) is 12.1 Å². The number of rotatable bonds is 3. The number of carbonyl (C=O) groups is 1. The van der Waals surface area contributed by atoms with Crippen LogP contribution in [0.3, 0.4) is 0 Å². The monoisotopic (exact) mass is 359 g/mol. The second-order valence-corrected chi connectivity index (χ2v) is 8.14. The molecule has 25 heavy (non-hydrogen) atoms. The molecule has 0 aliphatic carbocycles. The maximum absolute atomic E-state index is 13.2. The van der Waals surface area contributed by atoms with Crippen molar-refractivity contribution in [3.05, 3.63) is 54.7 Å². The predicted molar refractivity (Wildman–Crippen MR) is 96.6 cm³/mol. The zero-order valence-electron chi connectivity index (χ0n) is 13.9. The summed E-state index contributed by atoms with van der Waals surface area (Å²) in [5.74, 6) is -1.13. The molecule has 1 aliphatic rings. The quantitative estimate of drug-likeness (QED) is 0.905. The molecule has 0 radical (unpaired) electrons. The zero-order chi connectivity index (χ0) is 18.0. The lowest BCUT2D eigenvalue weighted by molar-refractivity contribution is -0.141. The number of allylic oxidation sites excluding steroid dienone is 1. The fourth-order valence-electron chi connectivity index (χ4n) is 3.29. The summed E-state index contributed by atoms with van der Waals surface area (Å²) in [5, 5.41) is 11.3. The maximum Gasteiger partial charge on any atom is 0.327 e. The number of aliphatic carboxylic acids is 1. The molecule has 1 heterocycles. The normalized spacial score (nSPS) is 19.4. The Morgan fingerprint density at radius 3 is 2.52 bits per heavy atom. The van der Waals surface area contributed by atoms with Gasteiger partial charge in [-0.15, -0.1) is 0 Å². The minimum atomic E-state index is -3.98. The minimum Gasteiger partial charge on any atom is -0.480 e. The molecule has 0 aromatic heterocycles. The second-order valence-electron chi connectivity index (χ2n) is 6.33. The van der Waals surface area contributed by atoms with Gasteiger partial charge in [-0.3, -0.25) is 4.31 Å². The van der Waals surface area contributed by atoms with Crippen LogP contribution in [-0.2, 0) is 14.8 Å². The number of nitrogens with zero attached hydrogens (tertiary/aromatic N) is 1. The smallest absolute Gasteiger partial charge is 0.327 e. The summed E-state index contributed by atoms with van der Waals surface area (Å²) in [6, 6.07) is 11.2. The van der Waals surface area contributed by atoms with E-state index < -0.39 is 22.0 Å². The van der Waals surface area contributed by atoms with Crippen LogP contribution in [0.15, 0.2) is 59.6 Å². The van der Waals surface area contributed by atoms with Gasteiger partial charge in [0.1, 0.15) is 6.04 Å². The first-order valence-corrected chi connectivity index (χ1v) is 9.79. The van der Waals surface area contributed by atoms with Crippen molar-refractivity contribution in [3.8, 4) is 0 Å². The van der Waals surface area contributed by atoms with Crippen molar-refractivity contribution in [1.82, 2.24) is 4.31 Å². The highest BCUT2D eigenvalue weighted by molar-refractivity contribution is 7.89. The van der Waals surface area contributed by atoms with Crippen molar-refractivity contribution in [1.29, 1.82) is 0 Å². The molecule has 0 saturated carbocycles. The average Bonchev–Trinajstić information content (AvgIpc) is 2.57. The van der Waals surface area contributed by atoms with Crippen LogP contribution in [0, 0.1) is 0 Å². The molecule has 0 spiro atoms. The molecule has 1 fully saturated rings. The van der Waals surface area contributed by atoms with E-state index >= 15 is 0 Å². The van der Waals surface area contributed by atoms with E-state index in [0.29, 0.717) is 25.0 Å². The third kappa shape index (κ3) is 3.39. The highest BCUT2D eigenvalue weighted by Gasteiger charge is 2.37. The summed E-state index contributed by atoms with van der Waals surface area (Å²) in [6.07, 6.45) is 3.16. The first-order chi connectivity index (χ1) is 11.9. The molecule has 1 atom stereocenters. The van der Waals surface area contributed by atoms with Crippen molar-refractivity contribution >= 4 is 26.8 Å². The molecule has 3 rings (SSSR count). The first kappa shape index (κ1) is 17.5. The molecule has 6 heteroatoms. The highest BCUT2D eigenvalue weighted by Crippen LogP contribution is 2.31. The number of hydrogen-bond acceptors (Lipinski definition) is 3. The summed E-state index contributed by atoms with van der Waals surface area (Å²) in [5.41, 5.74) is 0.347. The number of hydrogen-bond donors (Lipinski definition) is 1. The molecular formula is C19H21NO4S. The molecule has 2 aromatic carbocycles. The van der Waals surface area contributed by atoms with E-state index in [9.17, 15) is 18.3 Å². The summed E-state index contributed by atoms with van der Waals surface area (Å²) in [7, 11) is -3.98. The number of carboxylic acid groups (broad SMARTS) is 1. The number of fused-ring (bicyclic) bond motifs is 1. The van der Waals surface area contributed by atoms with E-state index in [4.69, 9.17) is 0 Å². The summed E-state index contributed by atoms with van der Waals surface area (Å²) < 4.78 is 27.5. The predicted octanol–water partition coefficient (Wildman–Crippen LogP) is 3.76. The van der Waals surface area contributed by atoms with E-state index in [1.165, 1.54) is 6.07 Å². The van der Waals surface area contributed by atoms with E-state index in [0.717, 1.165) is 27.9 Å².